The molecule has 1 aromatic rings. The normalized spacial score (nSPS) is 17.0. The van der Waals surface area contributed by atoms with E-state index in [1.807, 2.05) is 30.3 Å². The maximum absolute atomic E-state index is 12.1. The summed E-state index contributed by atoms with van der Waals surface area (Å²) in [7, 11) is 0. The third-order valence-electron chi connectivity index (χ3n) is 2.53. The fraction of sp³-hybridized carbons (Fsp3) is 0.308. The Morgan fingerprint density at radius 2 is 2.06 bits per heavy atom. The van der Waals surface area contributed by atoms with Crippen LogP contribution in [0.5, 0.6) is 0 Å². The summed E-state index contributed by atoms with van der Waals surface area (Å²) in [5.74, 6) is 0.0484. The minimum absolute atomic E-state index is 0.0484. The zero-order valence-electron chi connectivity index (χ0n) is 9.19. The van der Waals surface area contributed by atoms with Crippen LogP contribution in [0.25, 0.3) is 0 Å². The molecule has 0 spiro atoms. The second-order valence-electron chi connectivity index (χ2n) is 3.90. The third kappa shape index (κ3) is 2.49. The van der Waals surface area contributed by atoms with Gasteiger partial charge < -0.3 is 9.64 Å². The Morgan fingerprint density at radius 1 is 1.31 bits per heavy atom. The Hall–Kier alpha value is -1.61. The molecular formula is C13H15NO2. The molecule has 0 atom stereocenters. The van der Waals surface area contributed by atoms with Gasteiger partial charge in [-0.3, -0.25) is 4.79 Å². The van der Waals surface area contributed by atoms with Crippen LogP contribution in [0.3, 0.4) is 0 Å². The molecule has 16 heavy (non-hydrogen) atoms. The number of hydrogen-bond acceptors (Lipinski definition) is 2. The molecule has 0 saturated carbocycles. The molecule has 1 aromatic carbocycles. The van der Waals surface area contributed by atoms with Gasteiger partial charge in [-0.2, -0.15) is 0 Å². The van der Waals surface area contributed by atoms with Gasteiger partial charge in [-0.25, -0.2) is 0 Å². The highest BCUT2D eigenvalue weighted by atomic mass is 16.5. The first-order valence-corrected chi connectivity index (χ1v) is 5.36. The van der Waals surface area contributed by atoms with Gasteiger partial charge in [-0.15, -0.1) is 0 Å². The van der Waals surface area contributed by atoms with E-state index in [1.165, 1.54) is 0 Å². The van der Waals surface area contributed by atoms with Gasteiger partial charge in [-0.05, 0) is 17.7 Å². The zero-order valence-corrected chi connectivity index (χ0v) is 9.19. The van der Waals surface area contributed by atoms with Crippen molar-refractivity contribution < 1.29 is 9.53 Å². The average molecular weight is 217 g/mol. The fourth-order valence-corrected chi connectivity index (χ4v) is 1.72. The number of amides is 1. The van der Waals surface area contributed by atoms with Crippen LogP contribution in [0.1, 0.15) is 10.4 Å². The number of hydrogen-bond donors (Lipinski definition) is 0. The van der Waals surface area contributed by atoms with E-state index in [1.54, 1.807) is 4.90 Å². The summed E-state index contributed by atoms with van der Waals surface area (Å²) < 4.78 is 5.33. The lowest BCUT2D eigenvalue weighted by Crippen LogP contribution is -2.33. The molecule has 3 heteroatoms. The number of benzene rings is 1. The van der Waals surface area contributed by atoms with E-state index in [4.69, 9.17) is 4.74 Å². The summed E-state index contributed by atoms with van der Waals surface area (Å²) in [4.78, 5) is 13.9. The first-order valence-electron chi connectivity index (χ1n) is 5.36. The van der Waals surface area contributed by atoms with Crippen molar-refractivity contribution in [2.24, 2.45) is 0 Å². The number of carbonyl (C=O) groups excluding carboxylic acids is 1. The standard InChI is InChI=1S/C13H15NO2/c1-11-9-14(7-8-16-10-11)13(15)12-5-3-2-4-6-12/h2-6H,1,7-10H2. The van der Waals surface area contributed by atoms with Crippen LogP contribution in [-0.2, 0) is 4.74 Å². The third-order valence-corrected chi connectivity index (χ3v) is 2.53. The fourth-order valence-electron chi connectivity index (χ4n) is 1.72. The van der Waals surface area contributed by atoms with E-state index in [0.717, 1.165) is 11.1 Å². The van der Waals surface area contributed by atoms with Crippen LogP contribution in [0, 0.1) is 0 Å². The molecule has 1 aliphatic heterocycles. The Morgan fingerprint density at radius 3 is 2.81 bits per heavy atom. The molecule has 0 aliphatic carbocycles. The van der Waals surface area contributed by atoms with Crippen molar-refractivity contribution in [2.45, 2.75) is 0 Å². The van der Waals surface area contributed by atoms with Crippen LogP contribution in [0.2, 0.25) is 0 Å². The molecular weight excluding hydrogens is 202 g/mol. The van der Waals surface area contributed by atoms with Gasteiger partial charge in [-0.1, -0.05) is 24.8 Å². The summed E-state index contributed by atoms with van der Waals surface area (Å²) in [5.41, 5.74) is 1.67. The summed E-state index contributed by atoms with van der Waals surface area (Å²) in [6, 6.07) is 9.31. The molecule has 0 radical (unpaired) electrons. The van der Waals surface area contributed by atoms with Crippen LogP contribution in [0.15, 0.2) is 42.5 Å². The van der Waals surface area contributed by atoms with E-state index in [9.17, 15) is 4.79 Å². The highest BCUT2D eigenvalue weighted by molar-refractivity contribution is 5.94. The van der Waals surface area contributed by atoms with Crippen LogP contribution >= 0.6 is 0 Å². The average Bonchev–Trinajstić information content (AvgIpc) is 2.54. The van der Waals surface area contributed by atoms with Crippen LogP contribution in [0.4, 0.5) is 0 Å². The van der Waals surface area contributed by atoms with Gasteiger partial charge >= 0.3 is 0 Å². The Bertz CT molecular complexity index is 386. The van der Waals surface area contributed by atoms with Crippen molar-refractivity contribution in [1.82, 2.24) is 4.90 Å². The van der Waals surface area contributed by atoms with Gasteiger partial charge in [0.1, 0.15) is 0 Å². The molecule has 2 rings (SSSR count). The van der Waals surface area contributed by atoms with Crippen molar-refractivity contribution in [3.8, 4) is 0 Å². The zero-order chi connectivity index (χ0) is 11.4. The number of carbonyl (C=O) groups is 1. The molecule has 0 unspecified atom stereocenters. The second-order valence-corrected chi connectivity index (χ2v) is 3.90. The van der Waals surface area contributed by atoms with Crippen LogP contribution < -0.4 is 0 Å². The Balaban J connectivity index is 2.12. The van der Waals surface area contributed by atoms with Gasteiger partial charge in [0.15, 0.2) is 0 Å². The lowest BCUT2D eigenvalue weighted by Gasteiger charge is -2.20. The van der Waals surface area contributed by atoms with Gasteiger partial charge in [0.25, 0.3) is 5.91 Å². The molecule has 0 N–H and O–H groups in total. The summed E-state index contributed by atoms with van der Waals surface area (Å²) in [6.45, 7) is 6.24. The summed E-state index contributed by atoms with van der Waals surface area (Å²) >= 11 is 0. The lowest BCUT2D eigenvalue weighted by molar-refractivity contribution is 0.0742. The number of rotatable bonds is 1. The maximum Gasteiger partial charge on any atom is 0.254 e. The summed E-state index contributed by atoms with van der Waals surface area (Å²) in [6.07, 6.45) is 0. The largest absolute Gasteiger partial charge is 0.375 e. The van der Waals surface area contributed by atoms with Gasteiger partial charge in [0.2, 0.25) is 0 Å². The van der Waals surface area contributed by atoms with Crippen molar-refractivity contribution >= 4 is 5.91 Å². The molecule has 84 valence electrons. The molecule has 1 saturated heterocycles. The number of nitrogens with zero attached hydrogens (tertiary/aromatic N) is 1. The highest BCUT2D eigenvalue weighted by Gasteiger charge is 2.18. The monoisotopic (exact) mass is 217 g/mol. The molecule has 1 fully saturated rings. The van der Waals surface area contributed by atoms with Crippen LogP contribution in [-0.4, -0.2) is 37.1 Å². The molecule has 1 amide bonds. The number of ether oxygens (including phenoxy) is 1. The lowest BCUT2D eigenvalue weighted by atomic mass is 10.2. The van der Waals surface area contributed by atoms with Gasteiger partial charge in [0.05, 0.1) is 13.2 Å². The maximum atomic E-state index is 12.1. The molecule has 3 nitrogen and oxygen atoms in total. The van der Waals surface area contributed by atoms with E-state index >= 15 is 0 Å². The van der Waals surface area contributed by atoms with Gasteiger partial charge in [0, 0.05) is 18.7 Å². The predicted octanol–water partition coefficient (Wildman–Crippen LogP) is 1.72. The SMILES string of the molecule is C=C1COCCN(C(=O)c2ccccc2)C1. The van der Waals surface area contributed by atoms with Crippen molar-refractivity contribution in [3.05, 3.63) is 48.0 Å². The minimum Gasteiger partial charge on any atom is -0.375 e. The Labute approximate surface area is 95.3 Å². The topological polar surface area (TPSA) is 29.5 Å². The van der Waals surface area contributed by atoms with E-state index in [-0.39, 0.29) is 5.91 Å². The Kier molecular flexibility index (Phi) is 3.37. The quantitative estimate of drug-likeness (QED) is 0.670. The second kappa shape index (κ2) is 4.94. The predicted molar refractivity (Wildman–Crippen MR) is 62.3 cm³/mol. The minimum atomic E-state index is 0.0484. The van der Waals surface area contributed by atoms with Crippen molar-refractivity contribution in [2.75, 3.05) is 26.3 Å². The van der Waals surface area contributed by atoms with Crippen molar-refractivity contribution in [3.63, 3.8) is 0 Å². The highest BCUT2D eigenvalue weighted by Crippen LogP contribution is 2.09. The molecule has 1 heterocycles. The molecule has 1 aliphatic rings. The van der Waals surface area contributed by atoms with Crippen molar-refractivity contribution in [1.29, 1.82) is 0 Å². The first kappa shape index (κ1) is 10.9. The van der Waals surface area contributed by atoms with E-state index in [2.05, 4.69) is 6.58 Å². The van der Waals surface area contributed by atoms with E-state index < -0.39 is 0 Å². The molecule has 0 aromatic heterocycles. The van der Waals surface area contributed by atoms with E-state index in [0.29, 0.717) is 26.3 Å². The smallest absolute Gasteiger partial charge is 0.254 e. The first-order chi connectivity index (χ1) is 7.77. The molecule has 0 bridgehead atoms. The summed E-state index contributed by atoms with van der Waals surface area (Å²) in [5, 5.41) is 0.